The van der Waals surface area contributed by atoms with E-state index >= 15 is 0 Å². The van der Waals surface area contributed by atoms with Crippen LogP contribution in [0.5, 0.6) is 0 Å². The standard InChI is InChI=1S/C19H25N3O3S/c1-14-7-6-10-22(12-14)26(24,25)16-11-18(21(3)13-16)19(23)20-17-9-5-4-8-15(17)2/h4-5,8-9,11,13-14H,6-7,10,12H2,1-3H3,(H,20,23). The van der Waals surface area contributed by atoms with Gasteiger partial charge in [-0.3, -0.25) is 4.79 Å². The Hall–Kier alpha value is -2.12. The van der Waals surface area contributed by atoms with E-state index in [9.17, 15) is 13.2 Å². The van der Waals surface area contributed by atoms with Crippen molar-refractivity contribution in [1.29, 1.82) is 0 Å². The van der Waals surface area contributed by atoms with Crippen LogP contribution in [0.3, 0.4) is 0 Å². The van der Waals surface area contributed by atoms with Gasteiger partial charge in [0.15, 0.2) is 0 Å². The Morgan fingerprint density at radius 3 is 2.69 bits per heavy atom. The van der Waals surface area contributed by atoms with Crippen LogP contribution in [0, 0.1) is 12.8 Å². The van der Waals surface area contributed by atoms with Crippen molar-refractivity contribution in [1.82, 2.24) is 8.87 Å². The molecule has 1 atom stereocenters. The number of carbonyl (C=O) groups is 1. The molecule has 1 N–H and O–H groups in total. The van der Waals surface area contributed by atoms with Gasteiger partial charge in [0, 0.05) is 32.0 Å². The first kappa shape index (κ1) is 18.7. The van der Waals surface area contributed by atoms with E-state index in [-0.39, 0.29) is 10.8 Å². The average molecular weight is 375 g/mol. The predicted octanol–water partition coefficient (Wildman–Crippen LogP) is 3.01. The summed E-state index contributed by atoms with van der Waals surface area (Å²) in [5, 5.41) is 2.85. The van der Waals surface area contributed by atoms with Gasteiger partial charge < -0.3 is 9.88 Å². The molecular weight excluding hydrogens is 350 g/mol. The first-order chi connectivity index (χ1) is 12.3. The van der Waals surface area contributed by atoms with Crippen molar-refractivity contribution in [3.8, 4) is 0 Å². The van der Waals surface area contributed by atoms with Crippen molar-refractivity contribution in [3.05, 3.63) is 47.8 Å². The molecule has 1 aromatic heterocycles. The lowest BCUT2D eigenvalue weighted by molar-refractivity contribution is 0.101. The summed E-state index contributed by atoms with van der Waals surface area (Å²) in [6.45, 7) is 5.04. The zero-order valence-corrected chi connectivity index (χ0v) is 16.2. The van der Waals surface area contributed by atoms with Crippen molar-refractivity contribution >= 4 is 21.6 Å². The molecule has 0 spiro atoms. The molecule has 6 nitrogen and oxygen atoms in total. The number of aryl methyl sites for hydroxylation is 2. The fourth-order valence-corrected chi connectivity index (χ4v) is 4.98. The molecule has 2 aromatic rings. The van der Waals surface area contributed by atoms with E-state index in [1.165, 1.54) is 16.6 Å². The Morgan fingerprint density at radius 2 is 2.00 bits per heavy atom. The van der Waals surface area contributed by atoms with Gasteiger partial charge in [-0.15, -0.1) is 0 Å². The fraction of sp³-hybridized carbons (Fsp3) is 0.421. The molecule has 140 valence electrons. The van der Waals surface area contributed by atoms with Crippen molar-refractivity contribution < 1.29 is 13.2 Å². The van der Waals surface area contributed by atoms with Crippen LogP contribution in [0.2, 0.25) is 0 Å². The van der Waals surface area contributed by atoms with E-state index in [0.717, 1.165) is 18.4 Å². The first-order valence-electron chi connectivity index (χ1n) is 8.82. The molecule has 2 heterocycles. The summed E-state index contributed by atoms with van der Waals surface area (Å²) >= 11 is 0. The number of carbonyl (C=O) groups excluding carboxylic acids is 1. The van der Waals surface area contributed by atoms with Gasteiger partial charge in [0.2, 0.25) is 10.0 Å². The summed E-state index contributed by atoms with van der Waals surface area (Å²) in [4.78, 5) is 12.8. The summed E-state index contributed by atoms with van der Waals surface area (Å²) in [6.07, 6.45) is 3.43. The quantitative estimate of drug-likeness (QED) is 0.893. The molecule has 0 saturated carbocycles. The number of benzene rings is 1. The lowest BCUT2D eigenvalue weighted by Gasteiger charge is -2.29. The van der Waals surface area contributed by atoms with Crippen LogP contribution in [-0.2, 0) is 17.1 Å². The molecule has 1 aliphatic rings. The number of sulfonamides is 1. The normalized spacial score (nSPS) is 18.7. The Labute approximate surface area is 154 Å². The Balaban J connectivity index is 1.84. The summed E-state index contributed by atoms with van der Waals surface area (Å²) in [5.41, 5.74) is 1.98. The van der Waals surface area contributed by atoms with Gasteiger partial charge in [0.25, 0.3) is 5.91 Å². The number of para-hydroxylation sites is 1. The number of anilines is 1. The van der Waals surface area contributed by atoms with E-state index in [0.29, 0.717) is 30.4 Å². The van der Waals surface area contributed by atoms with E-state index < -0.39 is 10.0 Å². The number of amides is 1. The zero-order chi connectivity index (χ0) is 18.9. The zero-order valence-electron chi connectivity index (χ0n) is 15.4. The second kappa shape index (κ2) is 7.25. The molecule has 0 bridgehead atoms. The van der Waals surface area contributed by atoms with Gasteiger partial charge in [-0.2, -0.15) is 4.31 Å². The second-order valence-corrected chi connectivity index (χ2v) is 8.99. The monoisotopic (exact) mass is 375 g/mol. The van der Waals surface area contributed by atoms with Gasteiger partial charge in [0.1, 0.15) is 10.6 Å². The number of nitrogens with one attached hydrogen (secondary N) is 1. The molecule has 7 heteroatoms. The first-order valence-corrected chi connectivity index (χ1v) is 10.3. The highest BCUT2D eigenvalue weighted by Crippen LogP contribution is 2.25. The van der Waals surface area contributed by atoms with Crippen LogP contribution in [0.25, 0.3) is 0 Å². The number of rotatable bonds is 4. The van der Waals surface area contributed by atoms with Crippen molar-refractivity contribution in [3.63, 3.8) is 0 Å². The number of nitrogens with zero attached hydrogens (tertiary/aromatic N) is 2. The number of hydrogen-bond donors (Lipinski definition) is 1. The highest BCUT2D eigenvalue weighted by molar-refractivity contribution is 7.89. The van der Waals surface area contributed by atoms with Crippen molar-refractivity contribution in [2.24, 2.45) is 13.0 Å². The molecular formula is C19H25N3O3S. The van der Waals surface area contributed by atoms with Gasteiger partial charge in [-0.05, 0) is 43.4 Å². The van der Waals surface area contributed by atoms with Crippen molar-refractivity contribution in [2.75, 3.05) is 18.4 Å². The van der Waals surface area contributed by atoms with Crippen LogP contribution in [0.1, 0.15) is 35.8 Å². The van der Waals surface area contributed by atoms with Gasteiger partial charge in [-0.25, -0.2) is 8.42 Å². The SMILES string of the molecule is Cc1ccccc1NC(=O)c1cc(S(=O)(=O)N2CCCC(C)C2)cn1C. The van der Waals surface area contributed by atoms with E-state index in [1.54, 1.807) is 11.6 Å². The molecule has 1 saturated heterocycles. The molecule has 1 amide bonds. The minimum absolute atomic E-state index is 0.170. The van der Waals surface area contributed by atoms with Crippen LogP contribution in [0.4, 0.5) is 5.69 Å². The van der Waals surface area contributed by atoms with Crippen LogP contribution in [-0.4, -0.2) is 36.3 Å². The third-order valence-electron chi connectivity index (χ3n) is 4.86. The summed E-state index contributed by atoms with van der Waals surface area (Å²) in [6, 6.07) is 8.94. The van der Waals surface area contributed by atoms with Crippen LogP contribution < -0.4 is 5.32 Å². The third-order valence-corrected chi connectivity index (χ3v) is 6.69. The highest BCUT2D eigenvalue weighted by Gasteiger charge is 2.30. The molecule has 1 unspecified atom stereocenters. The second-order valence-electron chi connectivity index (χ2n) is 7.05. The smallest absolute Gasteiger partial charge is 0.272 e. The van der Waals surface area contributed by atoms with Gasteiger partial charge in [0.05, 0.1) is 0 Å². The number of piperidine rings is 1. The van der Waals surface area contributed by atoms with Crippen LogP contribution >= 0.6 is 0 Å². The fourth-order valence-electron chi connectivity index (χ4n) is 3.31. The van der Waals surface area contributed by atoms with Gasteiger partial charge in [-0.1, -0.05) is 25.1 Å². The Kier molecular flexibility index (Phi) is 5.20. The summed E-state index contributed by atoms with van der Waals surface area (Å²) < 4.78 is 28.9. The Morgan fingerprint density at radius 1 is 1.27 bits per heavy atom. The third kappa shape index (κ3) is 3.68. The predicted molar refractivity (Wildman–Crippen MR) is 102 cm³/mol. The molecule has 1 aromatic carbocycles. The van der Waals surface area contributed by atoms with Crippen LogP contribution in [0.15, 0.2) is 41.4 Å². The molecule has 3 rings (SSSR count). The van der Waals surface area contributed by atoms with E-state index in [1.807, 2.05) is 31.2 Å². The number of aromatic nitrogens is 1. The molecule has 1 fully saturated rings. The average Bonchev–Trinajstić information content (AvgIpc) is 2.99. The maximum Gasteiger partial charge on any atom is 0.272 e. The summed E-state index contributed by atoms with van der Waals surface area (Å²) in [5.74, 6) is 0.0290. The highest BCUT2D eigenvalue weighted by atomic mass is 32.2. The Bertz CT molecular complexity index is 918. The maximum absolute atomic E-state index is 12.9. The molecule has 1 aliphatic heterocycles. The molecule has 26 heavy (non-hydrogen) atoms. The maximum atomic E-state index is 12.9. The number of hydrogen-bond acceptors (Lipinski definition) is 3. The topological polar surface area (TPSA) is 71.4 Å². The lowest BCUT2D eigenvalue weighted by Crippen LogP contribution is -2.38. The van der Waals surface area contributed by atoms with E-state index in [2.05, 4.69) is 12.2 Å². The molecule has 0 aliphatic carbocycles. The lowest BCUT2D eigenvalue weighted by atomic mass is 10.0. The van der Waals surface area contributed by atoms with Crippen molar-refractivity contribution in [2.45, 2.75) is 31.6 Å². The minimum Gasteiger partial charge on any atom is -0.345 e. The van der Waals surface area contributed by atoms with E-state index in [4.69, 9.17) is 0 Å². The summed E-state index contributed by atoms with van der Waals surface area (Å²) in [7, 11) is -1.89. The molecule has 0 radical (unpaired) electrons. The largest absolute Gasteiger partial charge is 0.345 e. The van der Waals surface area contributed by atoms with Gasteiger partial charge >= 0.3 is 0 Å². The minimum atomic E-state index is -3.58.